The summed E-state index contributed by atoms with van der Waals surface area (Å²) >= 11 is 0. The van der Waals surface area contributed by atoms with Crippen molar-refractivity contribution in [3.63, 3.8) is 0 Å². The minimum absolute atomic E-state index is 0.0477. The zero-order valence-electron chi connectivity index (χ0n) is 13.4. The number of hydrogen-bond acceptors (Lipinski definition) is 2. The molecule has 0 radical (unpaired) electrons. The predicted octanol–water partition coefficient (Wildman–Crippen LogP) is 4.65. The number of carbonyl (C=O) groups is 1. The Balaban J connectivity index is 1.96. The van der Waals surface area contributed by atoms with Crippen molar-refractivity contribution in [2.45, 2.75) is 0 Å². The van der Waals surface area contributed by atoms with Crippen molar-refractivity contribution < 1.29 is 4.79 Å². The molecular formula is C21H19NO. The highest BCUT2D eigenvalue weighted by Crippen LogP contribution is 2.22. The van der Waals surface area contributed by atoms with Crippen LogP contribution in [0.1, 0.15) is 15.9 Å². The number of anilines is 1. The third kappa shape index (κ3) is 3.32. The van der Waals surface area contributed by atoms with Gasteiger partial charge in [0.1, 0.15) is 0 Å². The van der Waals surface area contributed by atoms with Gasteiger partial charge in [0.15, 0.2) is 5.78 Å². The zero-order valence-corrected chi connectivity index (χ0v) is 13.4. The van der Waals surface area contributed by atoms with Crippen LogP contribution >= 0.6 is 0 Å². The molecule has 0 spiro atoms. The molecule has 3 rings (SSSR count). The molecule has 0 unspecified atom stereocenters. The Hall–Kier alpha value is -2.87. The van der Waals surface area contributed by atoms with Crippen LogP contribution in [-0.2, 0) is 0 Å². The van der Waals surface area contributed by atoms with Gasteiger partial charge in [0.05, 0.1) is 0 Å². The Kier molecular flexibility index (Phi) is 4.24. The van der Waals surface area contributed by atoms with Gasteiger partial charge in [-0.1, -0.05) is 60.7 Å². The van der Waals surface area contributed by atoms with Crippen LogP contribution in [0.3, 0.4) is 0 Å². The second-order valence-corrected chi connectivity index (χ2v) is 5.72. The van der Waals surface area contributed by atoms with Gasteiger partial charge in [0.2, 0.25) is 0 Å². The molecule has 2 nitrogen and oxygen atoms in total. The Morgan fingerprint density at radius 3 is 2.00 bits per heavy atom. The standard InChI is InChI=1S/C21H19NO/c1-22(2)20-13-7-12-19(15-20)21(23)18-11-6-10-17(14-18)16-8-4-3-5-9-16/h3-15H,1-2H3. The highest BCUT2D eigenvalue weighted by atomic mass is 16.1. The smallest absolute Gasteiger partial charge is 0.193 e. The monoisotopic (exact) mass is 301 g/mol. The fourth-order valence-corrected chi connectivity index (χ4v) is 2.56. The highest BCUT2D eigenvalue weighted by molar-refractivity contribution is 6.10. The summed E-state index contributed by atoms with van der Waals surface area (Å²) in [6.45, 7) is 0. The first-order valence-corrected chi connectivity index (χ1v) is 7.63. The Morgan fingerprint density at radius 1 is 0.696 bits per heavy atom. The lowest BCUT2D eigenvalue weighted by Gasteiger charge is -2.13. The van der Waals surface area contributed by atoms with Crippen LogP contribution in [0.15, 0.2) is 78.9 Å². The molecule has 3 aromatic carbocycles. The summed E-state index contributed by atoms with van der Waals surface area (Å²) in [6.07, 6.45) is 0. The van der Waals surface area contributed by atoms with Gasteiger partial charge in [-0.2, -0.15) is 0 Å². The Labute approximate surface area is 137 Å². The number of nitrogens with zero attached hydrogens (tertiary/aromatic N) is 1. The third-order valence-corrected chi connectivity index (χ3v) is 3.86. The normalized spacial score (nSPS) is 10.3. The summed E-state index contributed by atoms with van der Waals surface area (Å²) in [5, 5.41) is 0. The molecule has 3 aromatic rings. The van der Waals surface area contributed by atoms with E-state index < -0.39 is 0 Å². The van der Waals surface area contributed by atoms with E-state index in [1.165, 1.54) is 0 Å². The summed E-state index contributed by atoms with van der Waals surface area (Å²) in [5.74, 6) is 0.0477. The lowest BCUT2D eigenvalue weighted by molar-refractivity contribution is 0.103. The van der Waals surface area contributed by atoms with Crippen molar-refractivity contribution in [1.82, 2.24) is 0 Å². The van der Waals surface area contributed by atoms with Crippen LogP contribution in [0.25, 0.3) is 11.1 Å². The van der Waals surface area contributed by atoms with Crippen LogP contribution in [-0.4, -0.2) is 19.9 Å². The average molecular weight is 301 g/mol. The first kappa shape index (κ1) is 15.0. The van der Waals surface area contributed by atoms with Gasteiger partial charge in [-0.3, -0.25) is 4.79 Å². The molecule has 0 saturated heterocycles. The Morgan fingerprint density at radius 2 is 1.30 bits per heavy atom. The van der Waals surface area contributed by atoms with Gasteiger partial charge in [-0.25, -0.2) is 0 Å². The highest BCUT2D eigenvalue weighted by Gasteiger charge is 2.11. The molecule has 0 bridgehead atoms. The molecule has 114 valence electrons. The van der Waals surface area contributed by atoms with Crippen LogP contribution in [0.2, 0.25) is 0 Å². The van der Waals surface area contributed by atoms with Gasteiger partial charge in [0.25, 0.3) is 0 Å². The summed E-state index contributed by atoms with van der Waals surface area (Å²) in [6, 6.07) is 25.6. The summed E-state index contributed by atoms with van der Waals surface area (Å²) in [5.41, 5.74) is 4.61. The van der Waals surface area contributed by atoms with E-state index in [0.29, 0.717) is 11.1 Å². The maximum Gasteiger partial charge on any atom is 0.193 e. The van der Waals surface area contributed by atoms with E-state index in [1.807, 2.05) is 85.7 Å². The van der Waals surface area contributed by atoms with E-state index in [1.54, 1.807) is 0 Å². The number of benzene rings is 3. The molecule has 0 aliphatic rings. The molecule has 0 aliphatic heterocycles. The maximum atomic E-state index is 12.8. The predicted molar refractivity (Wildman–Crippen MR) is 96.1 cm³/mol. The number of rotatable bonds is 4. The van der Waals surface area contributed by atoms with Gasteiger partial charge in [0, 0.05) is 30.9 Å². The van der Waals surface area contributed by atoms with Gasteiger partial charge in [-0.05, 0) is 29.3 Å². The van der Waals surface area contributed by atoms with E-state index in [9.17, 15) is 4.79 Å². The molecule has 0 aliphatic carbocycles. The second-order valence-electron chi connectivity index (χ2n) is 5.72. The van der Waals surface area contributed by atoms with E-state index in [-0.39, 0.29) is 5.78 Å². The molecule has 0 heterocycles. The summed E-state index contributed by atoms with van der Waals surface area (Å²) < 4.78 is 0. The topological polar surface area (TPSA) is 20.3 Å². The van der Waals surface area contributed by atoms with E-state index in [0.717, 1.165) is 16.8 Å². The summed E-state index contributed by atoms with van der Waals surface area (Å²) in [7, 11) is 3.94. The van der Waals surface area contributed by atoms with E-state index in [4.69, 9.17) is 0 Å². The maximum absolute atomic E-state index is 12.8. The molecule has 0 fully saturated rings. The fourth-order valence-electron chi connectivity index (χ4n) is 2.56. The number of hydrogen-bond donors (Lipinski definition) is 0. The molecule has 0 aromatic heterocycles. The zero-order chi connectivity index (χ0) is 16.2. The van der Waals surface area contributed by atoms with Crippen LogP contribution < -0.4 is 4.90 Å². The third-order valence-electron chi connectivity index (χ3n) is 3.86. The van der Waals surface area contributed by atoms with Gasteiger partial charge < -0.3 is 4.90 Å². The first-order valence-electron chi connectivity index (χ1n) is 7.63. The number of carbonyl (C=O) groups excluding carboxylic acids is 1. The molecule has 0 N–H and O–H groups in total. The van der Waals surface area contributed by atoms with Crippen molar-refractivity contribution in [3.05, 3.63) is 90.0 Å². The molecule has 0 atom stereocenters. The lowest BCUT2D eigenvalue weighted by Crippen LogP contribution is -2.10. The molecule has 0 saturated carbocycles. The molecular weight excluding hydrogens is 282 g/mol. The number of ketones is 1. The SMILES string of the molecule is CN(C)c1cccc(C(=O)c2cccc(-c3ccccc3)c2)c1. The van der Waals surface area contributed by atoms with E-state index >= 15 is 0 Å². The van der Waals surface area contributed by atoms with Crippen LogP contribution in [0, 0.1) is 0 Å². The summed E-state index contributed by atoms with van der Waals surface area (Å²) in [4.78, 5) is 14.8. The average Bonchev–Trinajstić information content (AvgIpc) is 2.62. The van der Waals surface area contributed by atoms with Crippen molar-refractivity contribution in [2.75, 3.05) is 19.0 Å². The van der Waals surface area contributed by atoms with Crippen LogP contribution in [0.5, 0.6) is 0 Å². The largest absolute Gasteiger partial charge is 0.378 e. The minimum Gasteiger partial charge on any atom is -0.378 e. The van der Waals surface area contributed by atoms with Crippen molar-refractivity contribution in [2.24, 2.45) is 0 Å². The molecule has 2 heteroatoms. The van der Waals surface area contributed by atoms with Crippen molar-refractivity contribution >= 4 is 11.5 Å². The lowest BCUT2D eigenvalue weighted by atomic mass is 9.98. The molecule has 23 heavy (non-hydrogen) atoms. The van der Waals surface area contributed by atoms with E-state index in [2.05, 4.69) is 12.1 Å². The molecule has 0 amide bonds. The fraction of sp³-hybridized carbons (Fsp3) is 0.0952. The first-order chi connectivity index (χ1) is 11.1. The van der Waals surface area contributed by atoms with Crippen molar-refractivity contribution in [3.8, 4) is 11.1 Å². The Bertz CT molecular complexity index is 822. The van der Waals surface area contributed by atoms with Crippen LogP contribution in [0.4, 0.5) is 5.69 Å². The van der Waals surface area contributed by atoms with Gasteiger partial charge in [-0.15, -0.1) is 0 Å². The van der Waals surface area contributed by atoms with Gasteiger partial charge >= 0.3 is 0 Å². The van der Waals surface area contributed by atoms with Crippen molar-refractivity contribution in [1.29, 1.82) is 0 Å². The quantitative estimate of drug-likeness (QED) is 0.654. The minimum atomic E-state index is 0.0477. The second kappa shape index (κ2) is 6.49.